The van der Waals surface area contributed by atoms with Crippen LogP contribution in [0, 0.1) is 5.82 Å². The zero-order chi connectivity index (χ0) is 10.3. The highest BCUT2D eigenvalue weighted by molar-refractivity contribution is 5.59. The second kappa shape index (κ2) is 2.95. The van der Waals surface area contributed by atoms with E-state index in [1.807, 2.05) is 6.07 Å². The van der Waals surface area contributed by atoms with Crippen molar-refractivity contribution in [1.29, 1.82) is 0 Å². The first-order chi connectivity index (χ1) is 6.50. The molecule has 2 nitrogen and oxygen atoms in total. The number of anilines is 1. The van der Waals surface area contributed by atoms with Gasteiger partial charge >= 0.3 is 0 Å². The van der Waals surface area contributed by atoms with Gasteiger partial charge in [-0.05, 0) is 26.0 Å². The highest BCUT2D eigenvalue weighted by Crippen LogP contribution is 2.39. The van der Waals surface area contributed by atoms with E-state index in [4.69, 9.17) is 0 Å². The lowest BCUT2D eigenvalue weighted by Crippen LogP contribution is -2.30. The number of halogens is 1. The van der Waals surface area contributed by atoms with Gasteiger partial charge in [0, 0.05) is 23.7 Å². The van der Waals surface area contributed by atoms with Crippen LogP contribution >= 0.6 is 0 Å². The third kappa shape index (κ3) is 1.38. The average Bonchev–Trinajstić information content (AvgIpc) is 2.47. The number of aliphatic hydroxyl groups is 1. The van der Waals surface area contributed by atoms with Gasteiger partial charge in [0.1, 0.15) is 5.82 Å². The van der Waals surface area contributed by atoms with E-state index in [0.29, 0.717) is 12.1 Å². The first-order valence-corrected chi connectivity index (χ1v) is 4.75. The van der Waals surface area contributed by atoms with E-state index >= 15 is 0 Å². The highest BCUT2D eigenvalue weighted by atomic mass is 19.1. The summed E-state index contributed by atoms with van der Waals surface area (Å²) in [7, 11) is 0. The molecule has 14 heavy (non-hydrogen) atoms. The molecule has 1 atom stereocenters. The first-order valence-electron chi connectivity index (χ1n) is 4.75. The molecule has 76 valence electrons. The Morgan fingerprint density at radius 3 is 2.86 bits per heavy atom. The van der Waals surface area contributed by atoms with Crippen LogP contribution in [0.1, 0.15) is 25.3 Å². The standard InChI is InChI=1S/C11H14FNO/c1-11(2,14)7-6-13-9-5-3-4-8(12)10(7)9/h3-5,7,13-14H,6H2,1-2H3. The van der Waals surface area contributed by atoms with Crippen molar-refractivity contribution in [2.24, 2.45) is 0 Å². The molecule has 1 aliphatic rings. The molecule has 1 aliphatic heterocycles. The third-order valence-corrected chi connectivity index (χ3v) is 2.75. The van der Waals surface area contributed by atoms with Crippen molar-refractivity contribution in [2.75, 3.05) is 11.9 Å². The van der Waals surface area contributed by atoms with Gasteiger partial charge < -0.3 is 10.4 Å². The predicted molar refractivity (Wildman–Crippen MR) is 53.9 cm³/mol. The van der Waals surface area contributed by atoms with Gasteiger partial charge in [-0.15, -0.1) is 0 Å². The minimum absolute atomic E-state index is 0.168. The van der Waals surface area contributed by atoms with Gasteiger partial charge in [-0.25, -0.2) is 4.39 Å². The molecule has 0 fully saturated rings. The summed E-state index contributed by atoms with van der Waals surface area (Å²) in [6.07, 6.45) is 0. The summed E-state index contributed by atoms with van der Waals surface area (Å²) >= 11 is 0. The molecule has 0 amide bonds. The fraction of sp³-hybridized carbons (Fsp3) is 0.455. The number of fused-ring (bicyclic) bond motifs is 1. The van der Waals surface area contributed by atoms with Crippen molar-refractivity contribution in [1.82, 2.24) is 0 Å². The van der Waals surface area contributed by atoms with E-state index in [0.717, 1.165) is 5.69 Å². The Kier molecular flexibility index (Phi) is 2.00. The maximum Gasteiger partial charge on any atom is 0.128 e. The summed E-state index contributed by atoms with van der Waals surface area (Å²) in [5, 5.41) is 13.0. The minimum Gasteiger partial charge on any atom is -0.390 e. The summed E-state index contributed by atoms with van der Waals surface area (Å²) in [5.74, 6) is -0.404. The number of hydrogen-bond acceptors (Lipinski definition) is 2. The Bertz CT molecular complexity index is 357. The maximum atomic E-state index is 13.5. The number of hydrogen-bond donors (Lipinski definition) is 2. The topological polar surface area (TPSA) is 32.3 Å². The van der Waals surface area contributed by atoms with Gasteiger partial charge in [0.05, 0.1) is 5.60 Å². The average molecular weight is 195 g/mol. The molecule has 1 aromatic carbocycles. The van der Waals surface area contributed by atoms with Crippen LogP contribution in [0.4, 0.5) is 10.1 Å². The molecular formula is C11H14FNO. The van der Waals surface area contributed by atoms with E-state index in [9.17, 15) is 9.50 Å². The van der Waals surface area contributed by atoms with Gasteiger partial charge in [0.15, 0.2) is 0 Å². The molecule has 1 aromatic rings. The van der Waals surface area contributed by atoms with Crippen LogP contribution in [0.2, 0.25) is 0 Å². The zero-order valence-corrected chi connectivity index (χ0v) is 8.34. The first kappa shape index (κ1) is 9.46. The van der Waals surface area contributed by atoms with Crippen LogP contribution in [0.3, 0.4) is 0 Å². The third-order valence-electron chi connectivity index (χ3n) is 2.75. The quantitative estimate of drug-likeness (QED) is 0.719. The van der Waals surface area contributed by atoms with Crippen LogP contribution in [0.25, 0.3) is 0 Å². The van der Waals surface area contributed by atoms with Gasteiger partial charge in [-0.1, -0.05) is 6.07 Å². The maximum absolute atomic E-state index is 13.5. The molecule has 0 bridgehead atoms. The van der Waals surface area contributed by atoms with Crippen molar-refractivity contribution in [2.45, 2.75) is 25.4 Å². The Balaban J connectivity index is 2.48. The van der Waals surface area contributed by atoms with Gasteiger partial charge in [0.2, 0.25) is 0 Å². The highest BCUT2D eigenvalue weighted by Gasteiger charge is 2.35. The molecule has 0 aliphatic carbocycles. The summed E-state index contributed by atoms with van der Waals surface area (Å²) in [6, 6.07) is 4.95. The van der Waals surface area contributed by atoms with Crippen molar-refractivity contribution in [3.63, 3.8) is 0 Å². The van der Waals surface area contributed by atoms with Gasteiger partial charge in [-0.3, -0.25) is 0 Å². The second-order valence-electron chi connectivity index (χ2n) is 4.29. The van der Waals surface area contributed by atoms with Gasteiger partial charge in [-0.2, -0.15) is 0 Å². The van der Waals surface area contributed by atoms with Crippen LogP contribution < -0.4 is 5.32 Å². The molecule has 1 unspecified atom stereocenters. The molecule has 1 heterocycles. The van der Waals surface area contributed by atoms with E-state index in [1.165, 1.54) is 6.07 Å². The van der Waals surface area contributed by atoms with E-state index < -0.39 is 5.60 Å². The molecule has 0 radical (unpaired) electrons. The Labute approximate surface area is 82.8 Å². The molecule has 3 heteroatoms. The summed E-state index contributed by atoms with van der Waals surface area (Å²) < 4.78 is 13.5. The summed E-state index contributed by atoms with van der Waals surface area (Å²) in [5.41, 5.74) is 0.526. The Hall–Kier alpha value is -1.09. The Morgan fingerprint density at radius 1 is 1.50 bits per heavy atom. The largest absolute Gasteiger partial charge is 0.390 e. The predicted octanol–water partition coefficient (Wildman–Crippen LogP) is 2.11. The zero-order valence-electron chi connectivity index (χ0n) is 8.34. The summed E-state index contributed by atoms with van der Waals surface area (Å²) in [6.45, 7) is 4.02. The van der Waals surface area contributed by atoms with Crippen molar-refractivity contribution >= 4 is 5.69 Å². The summed E-state index contributed by atoms with van der Waals surface area (Å²) in [4.78, 5) is 0. The lowest BCUT2D eigenvalue weighted by atomic mass is 9.86. The number of nitrogens with one attached hydrogen (secondary N) is 1. The smallest absolute Gasteiger partial charge is 0.128 e. The minimum atomic E-state index is -0.888. The fourth-order valence-electron chi connectivity index (χ4n) is 1.96. The van der Waals surface area contributed by atoms with E-state index in [1.54, 1.807) is 19.9 Å². The number of benzene rings is 1. The number of rotatable bonds is 1. The van der Waals surface area contributed by atoms with Crippen LogP contribution in [0.15, 0.2) is 18.2 Å². The van der Waals surface area contributed by atoms with Crippen molar-refractivity contribution in [3.05, 3.63) is 29.6 Å². The van der Waals surface area contributed by atoms with E-state index in [-0.39, 0.29) is 11.7 Å². The SMILES string of the molecule is CC(C)(O)C1CNc2cccc(F)c21. The molecule has 0 saturated carbocycles. The lowest BCUT2D eigenvalue weighted by Gasteiger charge is -2.25. The van der Waals surface area contributed by atoms with Crippen LogP contribution in [0.5, 0.6) is 0 Å². The lowest BCUT2D eigenvalue weighted by molar-refractivity contribution is 0.0551. The van der Waals surface area contributed by atoms with Crippen LogP contribution in [-0.2, 0) is 0 Å². The molecule has 0 saturated heterocycles. The molecule has 2 rings (SSSR count). The molecule has 0 spiro atoms. The van der Waals surface area contributed by atoms with E-state index in [2.05, 4.69) is 5.32 Å². The second-order valence-corrected chi connectivity index (χ2v) is 4.29. The van der Waals surface area contributed by atoms with Crippen LogP contribution in [-0.4, -0.2) is 17.3 Å². The van der Waals surface area contributed by atoms with Crippen molar-refractivity contribution < 1.29 is 9.50 Å². The van der Waals surface area contributed by atoms with Gasteiger partial charge in [0.25, 0.3) is 0 Å². The molecular weight excluding hydrogens is 181 g/mol. The monoisotopic (exact) mass is 195 g/mol. The van der Waals surface area contributed by atoms with Crippen molar-refractivity contribution in [3.8, 4) is 0 Å². The molecule has 0 aromatic heterocycles. The normalized spacial score (nSPS) is 20.4. The fourth-order valence-corrected chi connectivity index (χ4v) is 1.96. The Morgan fingerprint density at radius 2 is 2.21 bits per heavy atom. The molecule has 2 N–H and O–H groups in total.